The molecule has 2 N–H and O–H groups in total. The van der Waals surface area contributed by atoms with E-state index < -0.39 is 5.60 Å². The molecule has 1 saturated heterocycles. The monoisotopic (exact) mass is 282 g/mol. The Morgan fingerprint density at radius 2 is 2.00 bits per heavy atom. The third kappa shape index (κ3) is 3.96. The fraction of sp³-hybridized carbons (Fsp3) is 1.00. The summed E-state index contributed by atoms with van der Waals surface area (Å²) in [6.07, 6.45) is 4.90. The van der Waals surface area contributed by atoms with Crippen LogP contribution in [-0.2, 0) is 0 Å². The molecule has 2 aliphatic rings. The van der Waals surface area contributed by atoms with Gasteiger partial charge in [0.25, 0.3) is 0 Å². The Morgan fingerprint density at radius 3 is 2.50 bits per heavy atom. The van der Waals surface area contributed by atoms with Crippen molar-refractivity contribution in [3.8, 4) is 0 Å². The summed E-state index contributed by atoms with van der Waals surface area (Å²) < 4.78 is 0. The summed E-state index contributed by atoms with van der Waals surface area (Å²) in [6, 6.07) is 0.652. The Balaban J connectivity index is 1.96. The first-order valence-corrected chi connectivity index (χ1v) is 8.33. The average Bonchev–Trinajstić information content (AvgIpc) is 2.67. The predicted molar refractivity (Wildman–Crippen MR) is 84.8 cm³/mol. The lowest BCUT2D eigenvalue weighted by Crippen LogP contribution is -2.46. The standard InChI is InChI=1S/C17H34N2O/c1-16(2,3)14-6-7-15(18-5)13(10-14)11-19-9-8-17(4,20)12-19/h13-15,18,20H,6-12H2,1-5H3. The van der Waals surface area contributed by atoms with Crippen molar-refractivity contribution >= 4 is 0 Å². The normalized spacial score (nSPS) is 40.2. The molecule has 3 heteroatoms. The number of nitrogens with zero attached hydrogens (tertiary/aromatic N) is 1. The Hall–Kier alpha value is -0.120. The van der Waals surface area contributed by atoms with Crippen LogP contribution in [0.2, 0.25) is 0 Å². The van der Waals surface area contributed by atoms with Gasteiger partial charge in [-0.25, -0.2) is 0 Å². The second-order valence-electron chi connectivity index (χ2n) is 8.51. The zero-order valence-corrected chi connectivity index (χ0v) is 14.1. The zero-order chi connectivity index (χ0) is 15.0. The summed E-state index contributed by atoms with van der Waals surface area (Å²) in [5.74, 6) is 1.56. The molecule has 0 bridgehead atoms. The van der Waals surface area contributed by atoms with Crippen molar-refractivity contribution < 1.29 is 5.11 Å². The highest BCUT2D eigenvalue weighted by Crippen LogP contribution is 2.41. The van der Waals surface area contributed by atoms with Crippen molar-refractivity contribution in [2.24, 2.45) is 17.3 Å². The lowest BCUT2D eigenvalue weighted by atomic mass is 9.67. The molecule has 2 fully saturated rings. The van der Waals surface area contributed by atoms with E-state index in [1.54, 1.807) is 0 Å². The van der Waals surface area contributed by atoms with Gasteiger partial charge in [-0.2, -0.15) is 0 Å². The van der Waals surface area contributed by atoms with Gasteiger partial charge in [-0.15, -0.1) is 0 Å². The van der Waals surface area contributed by atoms with E-state index in [0.717, 1.165) is 37.9 Å². The second-order valence-corrected chi connectivity index (χ2v) is 8.51. The van der Waals surface area contributed by atoms with E-state index in [1.165, 1.54) is 19.3 Å². The van der Waals surface area contributed by atoms with Crippen LogP contribution in [0.1, 0.15) is 53.4 Å². The minimum Gasteiger partial charge on any atom is -0.389 e. The quantitative estimate of drug-likeness (QED) is 0.835. The first-order valence-electron chi connectivity index (χ1n) is 8.33. The number of hydrogen-bond acceptors (Lipinski definition) is 3. The van der Waals surface area contributed by atoms with E-state index in [0.29, 0.717) is 11.5 Å². The molecule has 1 aliphatic carbocycles. The largest absolute Gasteiger partial charge is 0.389 e. The van der Waals surface area contributed by atoms with Crippen molar-refractivity contribution in [3.63, 3.8) is 0 Å². The third-order valence-electron chi connectivity index (χ3n) is 5.60. The number of aliphatic hydroxyl groups is 1. The molecule has 3 nitrogen and oxygen atoms in total. The molecular weight excluding hydrogens is 248 g/mol. The molecule has 4 atom stereocenters. The number of β-amino-alcohol motifs (C(OH)–C–C–N with tert-alkyl or cyclic N) is 1. The molecule has 1 aliphatic heterocycles. The number of rotatable bonds is 3. The van der Waals surface area contributed by atoms with E-state index in [2.05, 4.69) is 38.0 Å². The Labute approximate surface area is 125 Å². The van der Waals surface area contributed by atoms with Crippen LogP contribution in [0.15, 0.2) is 0 Å². The Morgan fingerprint density at radius 1 is 1.30 bits per heavy atom. The maximum Gasteiger partial charge on any atom is 0.0758 e. The molecular formula is C17H34N2O. The van der Waals surface area contributed by atoms with Gasteiger partial charge >= 0.3 is 0 Å². The summed E-state index contributed by atoms with van der Waals surface area (Å²) in [7, 11) is 2.11. The van der Waals surface area contributed by atoms with E-state index in [9.17, 15) is 5.11 Å². The maximum absolute atomic E-state index is 10.1. The molecule has 0 spiro atoms. The highest BCUT2D eigenvalue weighted by molar-refractivity contribution is 4.93. The fourth-order valence-electron chi connectivity index (χ4n) is 4.16. The van der Waals surface area contributed by atoms with Crippen LogP contribution in [0.4, 0.5) is 0 Å². The van der Waals surface area contributed by atoms with Crippen LogP contribution in [0.3, 0.4) is 0 Å². The smallest absolute Gasteiger partial charge is 0.0758 e. The van der Waals surface area contributed by atoms with Crippen molar-refractivity contribution in [1.82, 2.24) is 10.2 Å². The molecule has 4 unspecified atom stereocenters. The second kappa shape index (κ2) is 5.94. The van der Waals surface area contributed by atoms with Crippen molar-refractivity contribution in [1.29, 1.82) is 0 Å². The van der Waals surface area contributed by atoms with Gasteiger partial charge in [0.2, 0.25) is 0 Å². The topological polar surface area (TPSA) is 35.5 Å². The number of hydrogen-bond donors (Lipinski definition) is 2. The van der Waals surface area contributed by atoms with E-state index in [1.807, 2.05) is 6.92 Å². The lowest BCUT2D eigenvalue weighted by molar-refractivity contribution is 0.0567. The van der Waals surface area contributed by atoms with E-state index in [-0.39, 0.29) is 0 Å². The number of nitrogens with one attached hydrogen (secondary N) is 1. The predicted octanol–water partition coefficient (Wildman–Crippen LogP) is 2.49. The van der Waals surface area contributed by atoms with Gasteiger partial charge in [-0.3, -0.25) is 0 Å². The maximum atomic E-state index is 10.1. The molecule has 0 radical (unpaired) electrons. The molecule has 118 valence electrons. The summed E-state index contributed by atoms with van der Waals surface area (Å²) >= 11 is 0. The van der Waals surface area contributed by atoms with Crippen LogP contribution >= 0.6 is 0 Å². The van der Waals surface area contributed by atoms with Crippen LogP contribution in [-0.4, -0.2) is 48.3 Å². The minimum absolute atomic E-state index is 0.424. The molecule has 0 amide bonds. The first kappa shape index (κ1) is 16.3. The van der Waals surface area contributed by atoms with Crippen LogP contribution in [0.25, 0.3) is 0 Å². The van der Waals surface area contributed by atoms with Crippen LogP contribution < -0.4 is 5.32 Å². The molecule has 1 saturated carbocycles. The molecule has 0 aromatic rings. The van der Waals surface area contributed by atoms with Gasteiger partial charge < -0.3 is 15.3 Å². The molecule has 0 aromatic carbocycles. The van der Waals surface area contributed by atoms with Crippen LogP contribution in [0.5, 0.6) is 0 Å². The molecule has 0 aromatic heterocycles. The Kier molecular flexibility index (Phi) is 4.83. The third-order valence-corrected chi connectivity index (χ3v) is 5.60. The van der Waals surface area contributed by atoms with Crippen molar-refractivity contribution in [2.75, 3.05) is 26.7 Å². The average molecular weight is 282 g/mol. The summed E-state index contributed by atoms with van der Waals surface area (Å²) in [5.41, 5.74) is -0.0410. The highest BCUT2D eigenvalue weighted by Gasteiger charge is 2.38. The fourth-order valence-corrected chi connectivity index (χ4v) is 4.16. The van der Waals surface area contributed by atoms with Gasteiger partial charge in [0.1, 0.15) is 0 Å². The summed E-state index contributed by atoms with van der Waals surface area (Å²) in [4.78, 5) is 2.47. The van der Waals surface area contributed by atoms with Gasteiger partial charge in [0, 0.05) is 25.7 Å². The van der Waals surface area contributed by atoms with E-state index >= 15 is 0 Å². The SMILES string of the molecule is CNC1CCC(C(C)(C)C)CC1CN1CCC(C)(O)C1. The lowest BCUT2D eigenvalue weighted by Gasteiger charge is -2.43. The van der Waals surface area contributed by atoms with Crippen molar-refractivity contribution in [2.45, 2.75) is 65.0 Å². The number of likely N-dealkylation sites (tertiary alicyclic amines) is 1. The van der Waals surface area contributed by atoms with Gasteiger partial charge in [0.05, 0.1) is 5.60 Å². The summed E-state index contributed by atoms with van der Waals surface area (Å²) in [5, 5.41) is 13.7. The minimum atomic E-state index is -0.465. The van der Waals surface area contributed by atoms with E-state index in [4.69, 9.17) is 0 Å². The molecule has 20 heavy (non-hydrogen) atoms. The summed E-state index contributed by atoms with van der Waals surface area (Å²) in [6.45, 7) is 12.2. The van der Waals surface area contributed by atoms with Crippen LogP contribution in [0, 0.1) is 17.3 Å². The zero-order valence-electron chi connectivity index (χ0n) is 14.1. The molecule has 2 rings (SSSR count). The van der Waals surface area contributed by atoms with Gasteiger partial charge in [-0.1, -0.05) is 20.8 Å². The first-order chi connectivity index (χ1) is 9.21. The van der Waals surface area contributed by atoms with Gasteiger partial charge in [-0.05, 0) is 56.9 Å². The van der Waals surface area contributed by atoms with Crippen molar-refractivity contribution in [3.05, 3.63) is 0 Å². The molecule has 1 heterocycles. The van der Waals surface area contributed by atoms with Gasteiger partial charge in [0.15, 0.2) is 0 Å². The Bertz CT molecular complexity index is 321. The highest BCUT2D eigenvalue weighted by atomic mass is 16.3.